The number of carboxylic acids is 1. The number of carbonyl (C=O) groups is 10. The first kappa shape index (κ1) is 72.4. The van der Waals surface area contributed by atoms with Gasteiger partial charge in [-0.15, -0.1) is 0 Å². The lowest BCUT2D eigenvalue weighted by Crippen LogP contribution is -2.61. The van der Waals surface area contributed by atoms with Crippen molar-refractivity contribution in [1.82, 2.24) is 42.5 Å². The summed E-state index contributed by atoms with van der Waals surface area (Å²) >= 11 is 0. The van der Waals surface area contributed by atoms with Gasteiger partial charge >= 0.3 is 5.97 Å². The maximum Gasteiger partial charge on any atom is 0.326 e. The van der Waals surface area contributed by atoms with E-state index in [0.29, 0.717) is 12.8 Å². The van der Waals surface area contributed by atoms with Crippen LogP contribution in [-0.2, 0) is 47.9 Å². The average Bonchev–Trinajstić information content (AvgIpc) is 3.35. The molecule has 10 atom stereocenters. The standard InChI is InChI=1S/C49H93N19O12/c1-9-27(8)37(68-38(71)28(50)13-10-16-58-47(52)53)45(78)67-35(23-69)44(77)66-34(22-36(51)70)43(76)61-29(14-11-17-59-48(54)55)39(72)63-32(20-25(4)5)41(74)65-33(21-26(6)7)42(75)64-31(19-24(2)3)40(73)62-30(46(79)80)15-12-18-60-49(56)57/h24-35,37,69H,9-23,50H2,1-8H3,(H2,51,70)(H,61,76)(H,62,73)(H,63,72)(H,64,75)(H,65,74)(H,66,77)(H,67,78)(H,68,71)(H,79,80)(H4,52,53,58)(H4,54,55,59)(H4,56,57,60)/t27-,28-,29-,30-,31-,32-,33-,34-,35-,37-/m0/s1. The summed E-state index contributed by atoms with van der Waals surface area (Å²) < 4.78 is 0. The van der Waals surface area contributed by atoms with Crippen molar-refractivity contribution in [2.75, 3.05) is 26.2 Å². The number of nitrogens with two attached hydrogens (primary N) is 8. The molecule has 80 heavy (non-hydrogen) atoms. The fourth-order valence-corrected chi connectivity index (χ4v) is 7.75. The van der Waals surface area contributed by atoms with Crippen molar-refractivity contribution in [1.29, 1.82) is 0 Å². The van der Waals surface area contributed by atoms with Gasteiger partial charge in [-0.3, -0.25) is 58.1 Å². The van der Waals surface area contributed by atoms with E-state index >= 15 is 0 Å². The molecular formula is C49H93N19O12. The maximum absolute atomic E-state index is 14.3. The van der Waals surface area contributed by atoms with Gasteiger partial charge in [0.2, 0.25) is 53.2 Å². The summed E-state index contributed by atoms with van der Waals surface area (Å²) in [5.41, 5.74) is 43.9. The first-order chi connectivity index (χ1) is 37.3. The van der Waals surface area contributed by atoms with Gasteiger partial charge in [0.25, 0.3) is 0 Å². The Bertz CT molecular complexity index is 2130. The lowest BCUT2D eigenvalue weighted by Gasteiger charge is -2.29. The second kappa shape index (κ2) is 38.1. The number of rotatable bonds is 40. The molecule has 9 amide bonds. The molecule has 0 heterocycles. The molecule has 0 unspecified atom stereocenters. The van der Waals surface area contributed by atoms with Gasteiger partial charge in [-0.2, -0.15) is 0 Å². The van der Waals surface area contributed by atoms with Gasteiger partial charge in [-0.1, -0.05) is 61.8 Å². The van der Waals surface area contributed by atoms with Crippen molar-refractivity contribution in [2.24, 2.45) is 84.5 Å². The van der Waals surface area contributed by atoms with Crippen LogP contribution in [0.3, 0.4) is 0 Å². The number of aliphatic hydroxyl groups excluding tert-OH is 1. The number of aliphatic carboxylic acids is 1. The van der Waals surface area contributed by atoms with Crippen LogP contribution in [0.25, 0.3) is 0 Å². The summed E-state index contributed by atoms with van der Waals surface area (Å²) in [5, 5.41) is 40.3. The highest BCUT2D eigenvalue weighted by Crippen LogP contribution is 2.14. The average molecular weight is 1140 g/mol. The zero-order valence-electron chi connectivity index (χ0n) is 47.5. The number of hydrogen-bond acceptors (Lipinski definition) is 15. The van der Waals surface area contributed by atoms with Crippen molar-refractivity contribution in [3.63, 3.8) is 0 Å². The molecule has 0 bridgehead atoms. The number of amides is 9. The Labute approximate surface area is 467 Å². The number of nitrogens with zero attached hydrogens (tertiary/aromatic N) is 3. The van der Waals surface area contributed by atoms with E-state index in [0.717, 1.165) is 0 Å². The van der Waals surface area contributed by atoms with E-state index in [1.165, 1.54) is 0 Å². The topological polar surface area (TPSA) is 553 Å². The highest BCUT2D eigenvalue weighted by molar-refractivity contribution is 5.99. The van der Waals surface area contributed by atoms with Crippen LogP contribution in [0, 0.1) is 23.7 Å². The Balaban J connectivity index is 6.73. The second-order valence-electron chi connectivity index (χ2n) is 20.8. The number of nitrogens with one attached hydrogen (secondary N) is 8. The monoisotopic (exact) mass is 1140 g/mol. The van der Waals surface area contributed by atoms with Crippen molar-refractivity contribution in [3.8, 4) is 0 Å². The fourth-order valence-electron chi connectivity index (χ4n) is 7.75. The molecule has 0 fully saturated rings. The number of guanidine groups is 3. The molecule has 0 saturated heterocycles. The lowest BCUT2D eigenvalue weighted by atomic mass is 9.97. The van der Waals surface area contributed by atoms with Crippen LogP contribution in [0.15, 0.2) is 15.0 Å². The predicted molar refractivity (Wildman–Crippen MR) is 300 cm³/mol. The Morgan fingerprint density at radius 1 is 0.425 bits per heavy atom. The minimum Gasteiger partial charge on any atom is -0.480 e. The molecule has 0 spiro atoms. The first-order valence-corrected chi connectivity index (χ1v) is 26.8. The molecule has 0 aromatic rings. The molecule has 0 aliphatic carbocycles. The first-order valence-electron chi connectivity index (χ1n) is 26.8. The van der Waals surface area contributed by atoms with Crippen LogP contribution < -0.4 is 88.4 Å². The Morgan fingerprint density at radius 2 is 0.750 bits per heavy atom. The summed E-state index contributed by atoms with van der Waals surface area (Å²) in [7, 11) is 0. The van der Waals surface area contributed by atoms with Gasteiger partial charge < -0.3 is 98.6 Å². The van der Waals surface area contributed by atoms with Crippen LogP contribution in [0.1, 0.15) is 126 Å². The zero-order chi connectivity index (χ0) is 61.4. The number of aliphatic imine (C=N–C) groups is 3. The maximum atomic E-state index is 14.3. The van der Waals surface area contributed by atoms with Gasteiger partial charge in [0, 0.05) is 19.6 Å². The van der Waals surface area contributed by atoms with Gasteiger partial charge in [-0.25, -0.2) is 4.79 Å². The van der Waals surface area contributed by atoms with Gasteiger partial charge in [-0.05, 0) is 81.5 Å². The van der Waals surface area contributed by atoms with Crippen LogP contribution in [-0.4, -0.2) is 168 Å². The summed E-state index contributed by atoms with van der Waals surface area (Å²) in [6.45, 7) is 13.3. The zero-order valence-corrected chi connectivity index (χ0v) is 47.5. The summed E-state index contributed by atoms with van der Waals surface area (Å²) in [6.07, 6.45) is 0.259. The van der Waals surface area contributed by atoms with E-state index in [-0.39, 0.29) is 107 Å². The Kier molecular flexibility index (Phi) is 34.5. The summed E-state index contributed by atoms with van der Waals surface area (Å²) in [4.78, 5) is 147. The van der Waals surface area contributed by atoms with Crippen molar-refractivity contribution in [2.45, 2.75) is 180 Å². The minimum absolute atomic E-state index is 0.00406. The number of carboxylic acid groups (broad SMARTS) is 1. The second-order valence-corrected chi connectivity index (χ2v) is 20.8. The normalized spacial score (nSPS) is 14.9. The van der Waals surface area contributed by atoms with Crippen molar-refractivity contribution in [3.05, 3.63) is 0 Å². The molecule has 0 aromatic carbocycles. The van der Waals surface area contributed by atoms with Crippen LogP contribution in [0.5, 0.6) is 0 Å². The molecule has 31 heteroatoms. The van der Waals surface area contributed by atoms with Gasteiger partial charge in [0.15, 0.2) is 17.9 Å². The van der Waals surface area contributed by atoms with Crippen LogP contribution >= 0.6 is 0 Å². The van der Waals surface area contributed by atoms with E-state index < -0.39 is 132 Å². The summed E-state index contributed by atoms with van der Waals surface area (Å²) in [5.74, 6) is -11.3. The Hall–Kier alpha value is -7.57. The third kappa shape index (κ3) is 30.5. The third-order valence-electron chi connectivity index (χ3n) is 12.1. The summed E-state index contributed by atoms with van der Waals surface area (Å²) in [6, 6.07) is -12.6. The van der Waals surface area contributed by atoms with E-state index in [1.807, 2.05) is 0 Å². The van der Waals surface area contributed by atoms with Crippen molar-refractivity contribution >= 4 is 77.0 Å². The molecule has 0 aliphatic rings. The van der Waals surface area contributed by atoms with Crippen molar-refractivity contribution < 1.29 is 58.2 Å². The van der Waals surface area contributed by atoms with E-state index in [4.69, 9.17) is 45.9 Å². The third-order valence-corrected chi connectivity index (χ3v) is 12.1. The quantitative estimate of drug-likeness (QED) is 0.0155. The molecule has 0 rings (SSSR count). The molecule has 26 N–H and O–H groups in total. The number of hydrogen-bond donors (Lipinski definition) is 18. The number of aliphatic hydroxyl groups is 1. The minimum atomic E-state index is -1.81. The van der Waals surface area contributed by atoms with Crippen LogP contribution in [0.2, 0.25) is 0 Å². The lowest BCUT2D eigenvalue weighted by molar-refractivity contribution is -0.142. The highest BCUT2D eigenvalue weighted by Gasteiger charge is 2.36. The van der Waals surface area contributed by atoms with E-state index in [9.17, 15) is 58.2 Å². The number of primary amides is 1. The predicted octanol–water partition coefficient (Wildman–Crippen LogP) is -5.51. The van der Waals surface area contributed by atoms with E-state index in [1.54, 1.807) is 55.4 Å². The number of carbonyl (C=O) groups excluding carboxylic acids is 9. The van der Waals surface area contributed by atoms with E-state index in [2.05, 4.69) is 57.5 Å². The molecule has 31 nitrogen and oxygen atoms in total. The molecule has 0 radical (unpaired) electrons. The van der Waals surface area contributed by atoms with Gasteiger partial charge in [0.1, 0.15) is 48.3 Å². The van der Waals surface area contributed by atoms with Gasteiger partial charge in [0.05, 0.1) is 19.1 Å². The molecule has 0 aliphatic heterocycles. The fraction of sp³-hybridized carbons (Fsp3) is 0.735. The molecule has 0 saturated carbocycles. The largest absolute Gasteiger partial charge is 0.480 e. The molecule has 456 valence electrons. The highest BCUT2D eigenvalue weighted by atomic mass is 16.4. The SMILES string of the molecule is CC[C@H](C)[C@H](NC(=O)[C@@H](N)CCCN=C(N)N)C(=O)N[C@@H](CO)C(=O)N[C@@H](CC(N)=O)C(=O)N[C@@H](CCCN=C(N)N)C(=O)N[C@@H](CC(C)C)C(=O)N[C@@H](CC(C)C)C(=O)N[C@@H](CC(C)C)C(=O)N[C@@H](CCCN=C(N)N)C(=O)O. The van der Waals surface area contributed by atoms with Crippen LogP contribution in [0.4, 0.5) is 0 Å². The Morgan fingerprint density at radius 3 is 1.11 bits per heavy atom. The molecule has 0 aromatic heterocycles. The molecular weight excluding hydrogens is 1050 g/mol. The smallest absolute Gasteiger partial charge is 0.326 e.